The van der Waals surface area contributed by atoms with Crippen LogP contribution in [0.1, 0.15) is 34.1 Å². The first kappa shape index (κ1) is 11.5. The molecule has 1 heterocycles. The Labute approximate surface area is 86.4 Å². The van der Waals surface area contributed by atoms with E-state index in [1.807, 2.05) is 0 Å². The molecule has 0 aliphatic carbocycles. The molecule has 0 amide bonds. The first-order valence-electron chi connectivity index (χ1n) is 5.21. The van der Waals surface area contributed by atoms with Crippen molar-refractivity contribution in [3.8, 4) is 0 Å². The van der Waals surface area contributed by atoms with Crippen molar-refractivity contribution in [3.05, 3.63) is 0 Å². The number of carbonyl (C=O) groups is 1. The normalized spacial score (nSPS) is 25.4. The summed E-state index contributed by atoms with van der Waals surface area (Å²) in [5, 5.41) is 0. The molecule has 0 spiro atoms. The number of carbonyl (C=O) groups excluding carboxylic acids is 1. The van der Waals surface area contributed by atoms with E-state index < -0.39 is 0 Å². The van der Waals surface area contributed by atoms with Gasteiger partial charge in [-0.25, -0.2) is 0 Å². The van der Waals surface area contributed by atoms with Crippen LogP contribution in [0, 0.1) is 5.41 Å². The van der Waals surface area contributed by atoms with Crippen LogP contribution in [0.5, 0.6) is 0 Å². The summed E-state index contributed by atoms with van der Waals surface area (Å²) in [6.07, 6.45) is 0.938. The van der Waals surface area contributed by atoms with Gasteiger partial charge in [0.1, 0.15) is 6.04 Å². The van der Waals surface area contributed by atoms with Crippen molar-refractivity contribution in [3.63, 3.8) is 0 Å². The number of ether oxygens (including phenoxy) is 1. The largest absolute Gasteiger partial charge is 0.468 e. The standard InChI is InChI=1S/C11H21NO2/c1-8(11(2,3)4)12-7-6-9(12)10(13)14-5/h8-9H,6-7H2,1-5H3. The van der Waals surface area contributed by atoms with E-state index in [9.17, 15) is 4.79 Å². The molecule has 2 unspecified atom stereocenters. The third kappa shape index (κ3) is 2.08. The summed E-state index contributed by atoms with van der Waals surface area (Å²) in [4.78, 5) is 13.6. The summed E-state index contributed by atoms with van der Waals surface area (Å²) >= 11 is 0. The SMILES string of the molecule is COC(=O)C1CCN1C(C)C(C)(C)C. The van der Waals surface area contributed by atoms with E-state index in [0.29, 0.717) is 6.04 Å². The topological polar surface area (TPSA) is 29.5 Å². The first-order chi connectivity index (χ1) is 6.38. The van der Waals surface area contributed by atoms with Gasteiger partial charge < -0.3 is 4.74 Å². The van der Waals surface area contributed by atoms with Gasteiger partial charge in [-0.15, -0.1) is 0 Å². The lowest BCUT2D eigenvalue weighted by atomic mass is 9.83. The Morgan fingerprint density at radius 2 is 2.07 bits per heavy atom. The third-order valence-electron chi connectivity index (χ3n) is 3.29. The summed E-state index contributed by atoms with van der Waals surface area (Å²) in [7, 11) is 1.46. The molecule has 0 radical (unpaired) electrons. The lowest BCUT2D eigenvalue weighted by molar-refractivity contribution is -0.155. The van der Waals surface area contributed by atoms with Gasteiger partial charge in [-0.2, -0.15) is 0 Å². The zero-order valence-corrected chi connectivity index (χ0v) is 9.83. The molecular weight excluding hydrogens is 178 g/mol. The van der Waals surface area contributed by atoms with Crippen LogP contribution in [-0.4, -0.2) is 36.6 Å². The van der Waals surface area contributed by atoms with Crippen molar-refractivity contribution >= 4 is 5.97 Å². The second-order valence-corrected chi connectivity index (χ2v) is 5.11. The van der Waals surface area contributed by atoms with Crippen LogP contribution in [0.3, 0.4) is 0 Å². The van der Waals surface area contributed by atoms with Gasteiger partial charge in [0, 0.05) is 12.6 Å². The average molecular weight is 199 g/mol. The molecule has 1 saturated heterocycles. The second-order valence-electron chi connectivity index (χ2n) is 5.11. The maximum absolute atomic E-state index is 11.4. The predicted octanol–water partition coefficient (Wildman–Crippen LogP) is 1.67. The van der Waals surface area contributed by atoms with Crippen LogP contribution >= 0.6 is 0 Å². The Morgan fingerprint density at radius 3 is 2.36 bits per heavy atom. The molecule has 1 aliphatic heterocycles. The van der Waals surface area contributed by atoms with Gasteiger partial charge in [-0.05, 0) is 18.8 Å². The molecule has 0 bridgehead atoms. The summed E-state index contributed by atoms with van der Waals surface area (Å²) in [6.45, 7) is 9.78. The highest BCUT2D eigenvalue weighted by molar-refractivity contribution is 5.76. The smallest absolute Gasteiger partial charge is 0.323 e. The number of rotatable bonds is 2. The maximum Gasteiger partial charge on any atom is 0.323 e. The fraction of sp³-hybridized carbons (Fsp3) is 0.909. The van der Waals surface area contributed by atoms with E-state index in [4.69, 9.17) is 4.74 Å². The lowest BCUT2D eigenvalue weighted by Gasteiger charge is -2.47. The van der Waals surface area contributed by atoms with Crippen LogP contribution in [0.15, 0.2) is 0 Å². The molecule has 1 fully saturated rings. The lowest BCUT2D eigenvalue weighted by Crippen LogP contribution is -2.59. The third-order valence-corrected chi connectivity index (χ3v) is 3.29. The van der Waals surface area contributed by atoms with E-state index >= 15 is 0 Å². The van der Waals surface area contributed by atoms with Crippen molar-refractivity contribution in [1.82, 2.24) is 4.90 Å². The first-order valence-corrected chi connectivity index (χ1v) is 5.21. The Balaban J connectivity index is 2.59. The molecule has 0 aromatic carbocycles. The predicted molar refractivity (Wildman–Crippen MR) is 56.0 cm³/mol. The molecule has 2 atom stereocenters. The summed E-state index contributed by atoms with van der Waals surface area (Å²) < 4.78 is 4.77. The quantitative estimate of drug-likeness (QED) is 0.634. The van der Waals surface area contributed by atoms with E-state index in [2.05, 4.69) is 32.6 Å². The van der Waals surface area contributed by atoms with Crippen LogP contribution in [-0.2, 0) is 9.53 Å². The number of hydrogen-bond donors (Lipinski definition) is 0. The van der Waals surface area contributed by atoms with Crippen molar-refractivity contribution in [2.75, 3.05) is 13.7 Å². The second kappa shape index (κ2) is 3.89. The van der Waals surface area contributed by atoms with Gasteiger partial charge in [-0.3, -0.25) is 9.69 Å². The summed E-state index contributed by atoms with van der Waals surface area (Å²) in [5.41, 5.74) is 0.215. The molecule has 3 heteroatoms. The van der Waals surface area contributed by atoms with E-state index in [1.54, 1.807) is 0 Å². The molecule has 0 N–H and O–H groups in total. The van der Waals surface area contributed by atoms with Gasteiger partial charge in [-0.1, -0.05) is 20.8 Å². The van der Waals surface area contributed by atoms with Crippen molar-refractivity contribution < 1.29 is 9.53 Å². The number of hydrogen-bond acceptors (Lipinski definition) is 3. The Kier molecular flexibility index (Phi) is 3.20. The molecule has 1 rings (SSSR count). The zero-order chi connectivity index (χ0) is 10.9. The fourth-order valence-electron chi connectivity index (χ4n) is 1.76. The molecule has 3 nitrogen and oxygen atoms in total. The molecule has 1 aliphatic rings. The monoisotopic (exact) mass is 199 g/mol. The van der Waals surface area contributed by atoms with Gasteiger partial charge in [0.25, 0.3) is 0 Å². The van der Waals surface area contributed by atoms with E-state index in [-0.39, 0.29) is 17.4 Å². The highest BCUT2D eigenvalue weighted by atomic mass is 16.5. The minimum atomic E-state index is -0.0904. The van der Waals surface area contributed by atoms with Crippen LogP contribution in [0.2, 0.25) is 0 Å². The maximum atomic E-state index is 11.4. The average Bonchev–Trinajstić information content (AvgIpc) is 2.00. The summed E-state index contributed by atoms with van der Waals surface area (Å²) in [5.74, 6) is -0.0904. The Morgan fingerprint density at radius 1 is 1.50 bits per heavy atom. The Bertz CT molecular complexity index is 220. The Hall–Kier alpha value is -0.570. The van der Waals surface area contributed by atoms with E-state index in [1.165, 1.54) is 7.11 Å². The van der Waals surface area contributed by atoms with Gasteiger partial charge in [0.2, 0.25) is 0 Å². The minimum Gasteiger partial charge on any atom is -0.468 e. The van der Waals surface area contributed by atoms with Gasteiger partial charge >= 0.3 is 5.97 Å². The number of nitrogens with zero attached hydrogens (tertiary/aromatic N) is 1. The molecule has 0 saturated carbocycles. The van der Waals surface area contributed by atoms with Crippen LogP contribution in [0.25, 0.3) is 0 Å². The van der Waals surface area contributed by atoms with Gasteiger partial charge in [0.15, 0.2) is 0 Å². The molecule has 14 heavy (non-hydrogen) atoms. The van der Waals surface area contributed by atoms with Gasteiger partial charge in [0.05, 0.1) is 7.11 Å². The van der Waals surface area contributed by atoms with Crippen molar-refractivity contribution in [2.24, 2.45) is 5.41 Å². The summed E-state index contributed by atoms with van der Waals surface area (Å²) in [6, 6.07) is 0.412. The molecule has 82 valence electrons. The van der Waals surface area contributed by atoms with Crippen molar-refractivity contribution in [1.29, 1.82) is 0 Å². The zero-order valence-electron chi connectivity index (χ0n) is 9.83. The molecular formula is C11H21NO2. The molecule has 0 aromatic rings. The van der Waals surface area contributed by atoms with Crippen molar-refractivity contribution in [2.45, 2.75) is 46.2 Å². The molecule has 0 aromatic heterocycles. The van der Waals surface area contributed by atoms with E-state index in [0.717, 1.165) is 13.0 Å². The highest BCUT2D eigenvalue weighted by Crippen LogP contribution is 2.31. The van der Waals surface area contributed by atoms with Crippen LogP contribution in [0.4, 0.5) is 0 Å². The van der Waals surface area contributed by atoms with Crippen LogP contribution < -0.4 is 0 Å². The minimum absolute atomic E-state index is 0.00535. The number of esters is 1. The number of likely N-dealkylation sites (tertiary alicyclic amines) is 1. The number of methoxy groups -OCH3 is 1. The highest BCUT2D eigenvalue weighted by Gasteiger charge is 2.41. The fourth-order valence-corrected chi connectivity index (χ4v) is 1.76.